The molecule has 0 aliphatic carbocycles. The molecule has 0 saturated heterocycles. The van der Waals surface area contributed by atoms with Gasteiger partial charge in [0.15, 0.2) is 10.7 Å². The third-order valence-corrected chi connectivity index (χ3v) is 5.11. The van der Waals surface area contributed by atoms with Crippen molar-refractivity contribution >= 4 is 27.3 Å². The number of amides is 1. The lowest BCUT2D eigenvalue weighted by molar-refractivity contribution is -0.116. The van der Waals surface area contributed by atoms with E-state index in [1.54, 1.807) is 32.0 Å². The average molecular weight is 321 g/mol. The molecule has 22 heavy (non-hydrogen) atoms. The maximum atomic E-state index is 12.4. The number of rotatable bonds is 3. The second-order valence-corrected chi connectivity index (χ2v) is 6.80. The number of carbonyl (C=O) groups excluding carboxylic acids is 1. The Labute approximate surface area is 127 Å². The molecule has 3 rings (SSSR count). The van der Waals surface area contributed by atoms with Gasteiger partial charge >= 0.3 is 0 Å². The molecule has 0 atom stereocenters. The Morgan fingerprint density at radius 2 is 2.05 bits per heavy atom. The highest BCUT2D eigenvalue weighted by atomic mass is 32.2. The highest BCUT2D eigenvalue weighted by Gasteiger charge is 2.25. The quantitative estimate of drug-likeness (QED) is 0.900. The van der Waals surface area contributed by atoms with Crippen LogP contribution in [0.15, 0.2) is 27.6 Å². The van der Waals surface area contributed by atoms with Gasteiger partial charge in [0.05, 0.1) is 0 Å². The fourth-order valence-corrected chi connectivity index (χ4v) is 3.89. The third kappa shape index (κ3) is 2.57. The van der Waals surface area contributed by atoms with Crippen molar-refractivity contribution in [3.8, 4) is 0 Å². The number of aryl methyl sites for hydroxylation is 3. The summed E-state index contributed by atoms with van der Waals surface area (Å²) < 4.78 is 32.3. The Kier molecular flexibility index (Phi) is 3.40. The molecule has 1 aromatic carbocycles. The summed E-state index contributed by atoms with van der Waals surface area (Å²) in [4.78, 5) is 11.4. The zero-order chi connectivity index (χ0) is 15.9. The van der Waals surface area contributed by atoms with Gasteiger partial charge < -0.3 is 9.84 Å². The zero-order valence-corrected chi connectivity index (χ0v) is 13.0. The summed E-state index contributed by atoms with van der Waals surface area (Å²) in [5, 5.41) is 6.42. The summed E-state index contributed by atoms with van der Waals surface area (Å²) in [7, 11) is -3.76. The molecule has 1 aromatic heterocycles. The van der Waals surface area contributed by atoms with Crippen LogP contribution < -0.4 is 10.0 Å². The molecule has 0 saturated carbocycles. The molecule has 2 heterocycles. The molecule has 1 aliphatic rings. The molecule has 2 N–H and O–H groups in total. The molecular formula is C14H15N3O4S. The Morgan fingerprint density at radius 3 is 2.73 bits per heavy atom. The van der Waals surface area contributed by atoms with Gasteiger partial charge in [0.25, 0.3) is 10.0 Å². The lowest BCUT2D eigenvalue weighted by Gasteiger charge is -2.18. The van der Waals surface area contributed by atoms with Crippen LogP contribution >= 0.6 is 0 Å². The van der Waals surface area contributed by atoms with Crippen molar-refractivity contribution in [2.75, 3.05) is 10.0 Å². The molecular weight excluding hydrogens is 306 g/mol. The van der Waals surface area contributed by atoms with Crippen LogP contribution in [0.2, 0.25) is 0 Å². The van der Waals surface area contributed by atoms with Gasteiger partial charge in [0, 0.05) is 17.8 Å². The highest BCUT2D eigenvalue weighted by Crippen LogP contribution is 2.28. The van der Waals surface area contributed by atoms with Gasteiger partial charge in [0.1, 0.15) is 5.69 Å². The zero-order valence-electron chi connectivity index (χ0n) is 12.1. The fraction of sp³-hybridized carbons (Fsp3) is 0.286. The molecule has 0 radical (unpaired) electrons. The average Bonchev–Trinajstić information content (AvgIpc) is 2.78. The normalized spacial score (nSPS) is 14.4. The first-order chi connectivity index (χ1) is 10.4. The first-order valence-electron chi connectivity index (χ1n) is 6.75. The lowest BCUT2D eigenvalue weighted by Crippen LogP contribution is -2.19. The summed E-state index contributed by atoms with van der Waals surface area (Å²) in [5.41, 5.74) is 2.38. The Balaban J connectivity index is 1.92. The van der Waals surface area contributed by atoms with Crippen LogP contribution in [-0.2, 0) is 21.2 Å². The van der Waals surface area contributed by atoms with Crippen molar-refractivity contribution in [1.29, 1.82) is 0 Å². The van der Waals surface area contributed by atoms with E-state index in [0.717, 1.165) is 11.3 Å². The van der Waals surface area contributed by atoms with Crippen molar-refractivity contribution in [2.45, 2.75) is 31.6 Å². The van der Waals surface area contributed by atoms with Gasteiger partial charge in [-0.1, -0.05) is 5.16 Å². The standard InChI is InChI=1S/C14H15N3O4S/c1-8-14(9(2)21-16-8)22(19,20)17-11-4-5-12-10(7-11)3-6-13(18)15-12/h4-5,7,17H,3,6H2,1-2H3,(H,15,18). The van der Waals surface area contributed by atoms with Gasteiger partial charge in [0.2, 0.25) is 5.91 Å². The van der Waals surface area contributed by atoms with Gasteiger partial charge in [-0.05, 0) is 44.0 Å². The number of sulfonamides is 1. The van der Waals surface area contributed by atoms with Crippen molar-refractivity contribution in [3.05, 3.63) is 35.2 Å². The molecule has 0 spiro atoms. The van der Waals surface area contributed by atoms with E-state index in [9.17, 15) is 13.2 Å². The molecule has 1 aliphatic heterocycles. The minimum atomic E-state index is -3.76. The summed E-state index contributed by atoms with van der Waals surface area (Å²) >= 11 is 0. The number of nitrogens with zero attached hydrogens (tertiary/aromatic N) is 1. The number of hydrogen-bond acceptors (Lipinski definition) is 5. The van der Waals surface area contributed by atoms with E-state index in [1.165, 1.54) is 0 Å². The smallest absolute Gasteiger partial charge is 0.267 e. The topological polar surface area (TPSA) is 101 Å². The number of benzene rings is 1. The largest absolute Gasteiger partial charge is 0.360 e. The van der Waals surface area contributed by atoms with E-state index in [0.29, 0.717) is 24.2 Å². The predicted octanol–water partition coefficient (Wildman–Crippen LogP) is 1.98. The minimum absolute atomic E-state index is 0.0310. The van der Waals surface area contributed by atoms with E-state index < -0.39 is 10.0 Å². The number of fused-ring (bicyclic) bond motifs is 1. The Hall–Kier alpha value is -2.35. The maximum Gasteiger partial charge on any atom is 0.267 e. The Bertz CT molecular complexity index is 835. The van der Waals surface area contributed by atoms with E-state index in [4.69, 9.17) is 4.52 Å². The molecule has 2 aromatic rings. The number of carbonyl (C=O) groups is 1. The third-order valence-electron chi connectivity index (χ3n) is 3.49. The molecule has 116 valence electrons. The number of aromatic nitrogens is 1. The van der Waals surface area contributed by atoms with Crippen molar-refractivity contribution in [2.24, 2.45) is 0 Å². The molecule has 1 amide bonds. The number of hydrogen-bond donors (Lipinski definition) is 2. The van der Waals surface area contributed by atoms with E-state index in [1.807, 2.05) is 0 Å². The first-order valence-corrected chi connectivity index (χ1v) is 8.23. The summed E-state index contributed by atoms with van der Waals surface area (Å²) in [6, 6.07) is 5.03. The maximum absolute atomic E-state index is 12.4. The van der Waals surface area contributed by atoms with E-state index >= 15 is 0 Å². The predicted molar refractivity (Wildman–Crippen MR) is 80.2 cm³/mol. The Morgan fingerprint density at radius 1 is 1.27 bits per heavy atom. The van der Waals surface area contributed by atoms with Crippen LogP contribution in [-0.4, -0.2) is 19.5 Å². The van der Waals surface area contributed by atoms with Crippen LogP contribution in [0, 0.1) is 13.8 Å². The van der Waals surface area contributed by atoms with Crippen molar-refractivity contribution in [3.63, 3.8) is 0 Å². The molecule has 7 nitrogen and oxygen atoms in total. The summed E-state index contributed by atoms with van der Waals surface area (Å²) in [6.45, 7) is 3.13. The number of nitrogens with one attached hydrogen (secondary N) is 2. The van der Waals surface area contributed by atoms with Crippen molar-refractivity contribution in [1.82, 2.24) is 5.16 Å². The fourth-order valence-electron chi connectivity index (χ4n) is 2.51. The minimum Gasteiger partial charge on any atom is -0.360 e. The van der Waals surface area contributed by atoms with Crippen LogP contribution in [0.4, 0.5) is 11.4 Å². The monoisotopic (exact) mass is 321 g/mol. The molecule has 0 fully saturated rings. The van der Waals surface area contributed by atoms with Crippen LogP contribution in [0.1, 0.15) is 23.4 Å². The van der Waals surface area contributed by atoms with Gasteiger partial charge in [-0.2, -0.15) is 0 Å². The second-order valence-electron chi connectivity index (χ2n) is 5.18. The second kappa shape index (κ2) is 5.13. The molecule has 8 heteroatoms. The van der Waals surface area contributed by atoms with Crippen molar-refractivity contribution < 1.29 is 17.7 Å². The first kappa shape index (κ1) is 14.6. The molecule has 0 unspecified atom stereocenters. The molecule has 0 bridgehead atoms. The summed E-state index contributed by atoms with van der Waals surface area (Å²) in [6.07, 6.45) is 0.981. The van der Waals surface area contributed by atoms with Crippen LogP contribution in [0.5, 0.6) is 0 Å². The van der Waals surface area contributed by atoms with E-state index in [2.05, 4.69) is 15.2 Å². The SMILES string of the molecule is Cc1noc(C)c1S(=O)(=O)Nc1ccc2c(c1)CCC(=O)N2. The van der Waals surface area contributed by atoms with Crippen LogP contribution in [0.25, 0.3) is 0 Å². The number of anilines is 2. The van der Waals surface area contributed by atoms with E-state index in [-0.39, 0.29) is 16.6 Å². The highest BCUT2D eigenvalue weighted by molar-refractivity contribution is 7.92. The van der Waals surface area contributed by atoms with Gasteiger partial charge in [-0.25, -0.2) is 8.42 Å². The van der Waals surface area contributed by atoms with Crippen LogP contribution in [0.3, 0.4) is 0 Å². The van der Waals surface area contributed by atoms with Gasteiger partial charge in [-0.3, -0.25) is 9.52 Å². The van der Waals surface area contributed by atoms with Gasteiger partial charge in [-0.15, -0.1) is 0 Å². The summed E-state index contributed by atoms with van der Waals surface area (Å²) in [5.74, 6) is 0.215. The lowest BCUT2D eigenvalue weighted by atomic mass is 10.0.